The Kier molecular flexibility index (Phi) is 5.62. The Bertz CT molecular complexity index is 851. The number of carbonyl (C=O) groups excluding carboxylic acids is 1. The summed E-state index contributed by atoms with van der Waals surface area (Å²) in [6.07, 6.45) is 0.684. The average molecular weight is 386 g/mol. The number of esters is 1. The highest BCUT2D eigenvalue weighted by Crippen LogP contribution is 2.31. The normalized spacial score (nSPS) is 21.2. The molecule has 26 heavy (non-hydrogen) atoms. The van der Waals surface area contributed by atoms with E-state index in [1.807, 2.05) is 0 Å². The van der Waals surface area contributed by atoms with Crippen molar-refractivity contribution in [3.8, 4) is 0 Å². The molecule has 1 heterocycles. The van der Waals surface area contributed by atoms with E-state index in [1.165, 1.54) is 0 Å². The van der Waals surface area contributed by atoms with E-state index >= 15 is 0 Å². The van der Waals surface area contributed by atoms with Gasteiger partial charge in [-0.1, -0.05) is 0 Å². The van der Waals surface area contributed by atoms with Crippen molar-refractivity contribution in [2.24, 2.45) is 5.92 Å². The predicted molar refractivity (Wildman–Crippen MR) is 88.1 cm³/mol. The number of methoxy groups -OCH3 is 1. The summed E-state index contributed by atoms with van der Waals surface area (Å²) in [5.74, 6) is -3.00. The fraction of sp³-hybridized carbons (Fsp3) is 0.467. The summed E-state index contributed by atoms with van der Waals surface area (Å²) in [6.45, 7) is 1.40. The van der Waals surface area contributed by atoms with Gasteiger partial charge >= 0.3 is 11.9 Å². The Morgan fingerprint density at radius 2 is 2.00 bits per heavy atom. The van der Waals surface area contributed by atoms with Gasteiger partial charge in [0.05, 0.1) is 28.4 Å². The first-order valence-electron chi connectivity index (χ1n) is 7.71. The number of nitrogens with zero attached hydrogens (tertiary/aromatic N) is 2. The van der Waals surface area contributed by atoms with Crippen molar-refractivity contribution in [1.82, 2.24) is 4.31 Å². The van der Waals surface area contributed by atoms with Gasteiger partial charge in [-0.25, -0.2) is 13.2 Å². The molecule has 1 aromatic carbocycles. The molecule has 1 N–H and O–H groups in total. The van der Waals surface area contributed by atoms with Crippen LogP contribution in [0.1, 0.15) is 30.1 Å². The number of aliphatic carboxylic acids is 1. The van der Waals surface area contributed by atoms with Crippen LogP contribution in [0.2, 0.25) is 0 Å². The van der Waals surface area contributed by atoms with Crippen LogP contribution in [-0.2, 0) is 19.6 Å². The Morgan fingerprint density at radius 1 is 1.35 bits per heavy atom. The molecule has 0 radical (unpaired) electrons. The average Bonchev–Trinajstić information content (AvgIpc) is 2.60. The first-order valence-corrected chi connectivity index (χ1v) is 9.15. The van der Waals surface area contributed by atoms with Crippen molar-refractivity contribution < 1.29 is 32.8 Å². The minimum Gasteiger partial charge on any atom is -0.481 e. The number of nitro benzene ring substituents is 1. The largest absolute Gasteiger partial charge is 0.481 e. The molecule has 0 amide bonds. The minimum absolute atomic E-state index is 0.240. The lowest BCUT2D eigenvalue weighted by molar-refractivity contribution is -0.384. The highest BCUT2D eigenvalue weighted by Gasteiger charge is 2.39. The number of hydrogen-bond acceptors (Lipinski definition) is 7. The second-order valence-corrected chi connectivity index (χ2v) is 7.82. The number of hydrogen-bond donors (Lipinski definition) is 1. The monoisotopic (exact) mass is 386 g/mol. The molecule has 142 valence electrons. The van der Waals surface area contributed by atoms with Gasteiger partial charge in [-0.3, -0.25) is 14.9 Å². The van der Waals surface area contributed by atoms with Crippen molar-refractivity contribution in [2.75, 3.05) is 13.7 Å². The van der Waals surface area contributed by atoms with E-state index in [2.05, 4.69) is 4.74 Å². The number of ether oxygens (including phenoxy) is 1. The third-order valence-corrected chi connectivity index (χ3v) is 6.38. The number of rotatable bonds is 5. The highest BCUT2D eigenvalue weighted by molar-refractivity contribution is 7.89. The zero-order chi connectivity index (χ0) is 19.6. The van der Waals surface area contributed by atoms with Gasteiger partial charge < -0.3 is 9.84 Å². The fourth-order valence-electron chi connectivity index (χ4n) is 2.86. The molecule has 2 rings (SSSR count). The first-order chi connectivity index (χ1) is 12.1. The number of nitro groups is 1. The summed E-state index contributed by atoms with van der Waals surface area (Å²) in [7, 11) is -3.23. The summed E-state index contributed by atoms with van der Waals surface area (Å²) in [5.41, 5.74) is -0.925. The van der Waals surface area contributed by atoms with Crippen LogP contribution in [0.3, 0.4) is 0 Å². The van der Waals surface area contributed by atoms with Gasteiger partial charge in [-0.05, 0) is 25.8 Å². The smallest absolute Gasteiger partial charge is 0.339 e. The zero-order valence-corrected chi connectivity index (χ0v) is 14.9. The van der Waals surface area contributed by atoms with Gasteiger partial charge in [-0.15, -0.1) is 0 Å². The molecule has 0 bridgehead atoms. The van der Waals surface area contributed by atoms with Crippen LogP contribution in [0.4, 0.5) is 5.69 Å². The molecule has 0 aliphatic carbocycles. The van der Waals surface area contributed by atoms with Crippen molar-refractivity contribution in [3.63, 3.8) is 0 Å². The molecule has 0 aromatic heterocycles. The summed E-state index contributed by atoms with van der Waals surface area (Å²) < 4.78 is 31.6. The van der Waals surface area contributed by atoms with E-state index in [0.717, 1.165) is 29.6 Å². The molecule has 1 aliphatic heterocycles. The molecule has 10 nitrogen and oxygen atoms in total. The number of benzene rings is 1. The van der Waals surface area contributed by atoms with Crippen LogP contribution in [0, 0.1) is 16.0 Å². The van der Waals surface area contributed by atoms with Gasteiger partial charge in [0.15, 0.2) is 0 Å². The van der Waals surface area contributed by atoms with E-state index < -0.39 is 55.0 Å². The summed E-state index contributed by atoms with van der Waals surface area (Å²) in [6, 6.07) is 2.30. The molecule has 0 spiro atoms. The van der Waals surface area contributed by atoms with Crippen LogP contribution in [0.15, 0.2) is 23.1 Å². The molecule has 2 atom stereocenters. The number of piperidine rings is 1. The highest BCUT2D eigenvalue weighted by atomic mass is 32.2. The van der Waals surface area contributed by atoms with Crippen LogP contribution >= 0.6 is 0 Å². The molecule has 1 aromatic rings. The van der Waals surface area contributed by atoms with Crippen molar-refractivity contribution in [2.45, 2.75) is 30.7 Å². The first kappa shape index (κ1) is 19.8. The third-order valence-electron chi connectivity index (χ3n) is 4.34. The fourth-order valence-corrected chi connectivity index (χ4v) is 4.73. The molecular weight excluding hydrogens is 368 g/mol. The zero-order valence-electron chi connectivity index (χ0n) is 14.1. The number of carboxylic acids is 1. The van der Waals surface area contributed by atoms with Crippen LogP contribution in [0.25, 0.3) is 0 Å². The van der Waals surface area contributed by atoms with Crippen molar-refractivity contribution in [3.05, 3.63) is 33.9 Å². The van der Waals surface area contributed by atoms with Gasteiger partial charge in [0.2, 0.25) is 10.0 Å². The Hall–Kier alpha value is -2.53. The molecular formula is C15H18N2O8S. The lowest BCUT2D eigenvalue weighted by Gasteiger charge is -2.35. The van der Waals surface area contributed by atoms with Crippen LogP contribution < -0.4 is 0 Å². The Labute approximate surface area is 149 Å². The SMILES string of the molecule is COC(=O)c1cc([N+](=O)[O-])ccc1S(=O)(=O)N1CC(C(=O)O)CCC1C. The number of non-ortho nitro benzene ring substituents is 1. The minimum atomic E-state index is -4.26. The van der Waals surface area contributed by atoms with E-state index in [9.17, 15) is 33.2 Å². The maximum atomic E-state index is 13.0. The van der Waals surface area contributed by atoms with E-state index in [4.69, 9.17) is 0 Å². The Balaban J connectivity index is 2.55. The van der Waals surface area contributed by atoms with Gasteiger partial charge in [0.1, 0.15) is 0 Å². The molecule has 1 fully saturated rings. The van der Waals surface area contributed by atoms with Gasteiger partial charge in [0.25, 0.3) is 5.69 Å². The van der Waals surface area contributed by atoms with Gasteiger partial charge in [-0.2, -0.15) is 4.31 Å². The van der Waals surface area contributed by atoms with Crippen molar-refractivity contribution in [1.29, 1.82) is 0 Å². The number of carbonyl (C=O) groups is 2. The third kappa shape index (κ3) is 3.68. The van der Waals surface area contributed by atoms with Crippen LogP contribution in [-0.4, -0.2) is 54.4 Å². The van der Waals surface area contributed by atoms with Crippen LogP contribution in [0.5, 0.6) is 0 Å². The quantitative estimate of drug-likeness (QED) is 0.452. The second kappa shape index (κ2) is 7.38. The molecule has 1 saturated heterocycles. The summed E-state index contributed by atoms with van der Waals surface area (Å²) >= 11 is 0. The number of carboxylic acid groups (broad SMARTS) is 1. The second-order valence-electron chi connectivity index (χ2n) is 5.97. The molecule has 0 saturated carbocycles. The Morgan fingerprint density at radius 3 is 2.54 bits per heavy atom. The van der Waals surface area contributed by atoms with E-state index in [1.54, 1.807) is 6.92 Å². The summed E-state index contributed by atoms with van der Waals surface area (Å²) in [5, 5.41) is 20.1. The molecule has 1 aliphatic rings. The van der Waals surface area contributed by atoms with Gasteiger partial charge in [0, 0.05) is 24.7 Å². The maximum Gasteiger partial charge on any atom is 0.339 e. The lowest BCUT2D eigenvalue weighted by Crippen LogP contribution is -2.47. The lowest BCUT2D eigenvalue weighted by atomic mass is 9.96. The predicted octanol–water partition coefficient (Wildman–Crippen LogP) is 1.26. The standard InChI is InChI=1S/C15H18N2O8S/c1-9-3-4-10(14(18)19)8-16(9)26(23,24)13-6-5-11(17(21)22)7-12(13)15(20)25-2/h5-7,9-10H,3-4,8H2,1-2H3,(H,18,19). The molecule has 2 unspecified atom stereocenters. The van der Waals surface area contributed by atoms with E-state index in [0.29, 0.717) is 12.8 Å². The molecule has 11 heteroatoms. The topological polar surface area (TPSA) is 144 Å². The number of sulfonamides is 1. The maximum absolute atomic E-state index is 13.0. The van der Waals surface area contributed by atoms with E-state index in [-0.39, 0.29) is 6.54 Å². The van der Waals surface area contributed by atoms with Crippen molar-refractivity contribution >= 4 is 27.6 Å². The summed E-state index contributed by atoms with van der Waals surface area (Å²) in [4.78, 5) is 32.9.